The molecule has 0 unspecified atom stereocenters. The molecule has 0 aromatic carbocycles. The van der Waals surface area contributed by atoms with Gasteiger partial charge in [-0.2, -0.15) is 5.10 Å². The summed E-state index contributed by atoms with van der Waals surface area (Å²) >= 11 is 0. The molecule has 1 N–H and O–H groups in total. The molecule has 4 heteroatoms. The van der Waals surface area contributed by atoms with Gasteiger partial charge < -0.3 is 4.98 Å². The summed E-state index contributed by atoms with van der Waals surface area (Å²) in [6.07, 6.45) is 1.89. The van der Waals surface area contributed by atoms with Gasteiger partial charge in [-0.3, -0.25) is 4.79 Å². The van der Waals surface area contributed by atoms with Crippen molar-refractivity contribution in [1.82, 2.24) is 14.6 Å². The predicted molar refractivity (Wildman–Crippen MR) is 59.3 cm³/mol. The van der Waals surface area contributed by atoms with E-state index in [2.05, 4.69) is 17.0 Å². The number of aryl methyl sites for hydroxylation is 3. The van der Waals surface area contributed by atoms with E-state index in [1.54, 1.807) is 6.07 Å². The van der Waals surface area contributed by atoms with Crippen LogP contribution in [0, 0.1) is 13.8 Å². The Labute approximate surface area is 87.9 Å². The minimum Gasteiger partial charge on any atom is -0.307 e. The lowest BCUT2D eigenvalue weighted by Gasteiger charge is -2.01. The van der Waals surface area contributed by atoms with Crippen LogP contribution in [0.15, 0.2) is 10.9 Å². The van der Waals surface area contributed by atoms with E-state index in [1.807, 2.05) is 18.4 Å². The number of aromatic nitrogens is 3. The maximum absolute atomic E-state index is 11.4. The summed E-state index contributed by atoms with van der Waals surface area (Å²) in [6, 6.07) is 1.63. The molecule has 0 saturated carbocycles. The SMILES string of the molecule is CCCc1cc(=O)[nH]c2c(C)c(C)nn12. The van der Waals surface area contributed by atoms with E-state index in [0.29, 0.717) is 0 Å². The number of hydrogen-bond acceptors (Lipinski definition) is 2. The first kappa shape index (κ1) is 9.96. The number of aromatic amines is 1. The zero-order valence-corrected chi connectivity index (χ0v) is 9.29. The van der Waals surface area contributed by atoms with Crippen LogP contribution in [0.4, 0.5) is 0 Å². The van der Waals surface area contributed by atoms with Crippen LogP contribution in [-0.4, -0.2) is 14.6 Å². The Hall–Kier alpha value is -1.58. The van der Waals surface area contributed by atoms with Crippen LogP contribution in [-0.2, 0) is 6.42 Å². The van der Waals surface area contributed by atoms with E-state index in [1.165, 1.54) is 0 Å². The average Bonchev–Trinajstić information content (AvgIpc) is 2.46. The molecular weight excluding hydrogens is 190 g/mol. The van der Waals surface area contributed by atoms with Crippen molar-refractivity contribution in [2.24, 2.45) is 0 Å². The molecule has 0 fully saturated rings. The zero-order chi connectivity index (χ0) is 11.0. The average molecular weight is 205 g/mol. The molecule has 2 heterocycles. The Morgan fingerprint density at radius 1 is 1.47 bits per heavy atom. The highest BCUT2D eigenvalue weighted by Crippen LogP contribution is 2.12. The third-order valence-electron chi connectivity index (χ3n) is 2.68. The first-order chi connectivity index (χ1) is 7.13. The Morgan fingerprint density at radius 2 is 2.20 bits per heavy atom. The predicted octanol–water partition coefficient (Wildman–Crippen LogP) is 1.59. The fourth-order valence-electron chi connectivity index (χ4n) is 1.76. The fourth-order valence-corrected chi connectivity index (χ4v) is 1.76. The number of hydrogen-bond donors (Lipinski definition) is 1. The second-order valence-electron chi connectivity index (χ2n) is 3.85. The third-order valence-corrected chi connectivity index (χ3v) is 2.68. The molecule has 2 rings (SSSR count). The number of nitrogens with zero attached hydrogens (tertiary/aromatic N) is 2. The van der Waals surface area contributed by atoms with E-state index in [0.717, 1.165) is 35.4 Å². The molecule has 0 radical (unpaired) electrons. The van der Waals surface area contributed by atoms with Gasteiger partial charge in [-0.1, -0.05) is 13.3 Å². The molecule has 0 aliphatic heterocycles. The van der Waals surface area contributed by atoms with Gasteiger partial charge in [0.1, 0.15) is 5.65 Å². The summed E-state index contributed by atoms with van der Waals surface area (Å²) in [6.45, 7) is 6.02. The summed E-state index contributed by atoms with van der Waals surface area (Å²) < 4.78 is 1.84. The van der Waals surface area contributed by atoms with E-state index >= 15 is 0 Å². The second-order valence-corrected chi connectivity index (χ2v) is 3.85. The summed E-state index contributed by atoms with van der Waals surface area (Å²) in [5, 5.41) is 4.42. The highest BCUT2D eigenvalue weighted by atomic mass is 16.1. The molecule has 4 nitrogen and oxygen atoms in total. The van der Waals surface area contributed by atoms with Crippen molar-refractivity contribution in [2.45, 2.75) is 33.6 Å². The molecule has 0 atom stereocenters. The first-order valence-electron chi connectivity index (χ1n) is 5.21. The maximum Gasteiger partial charge on any atom is 0.251 e. The third kappa shape index (κ3) is 1.56. The molecule has 0 saturated heterocycles. The van der Waals surface area contributed by atoms with Crippen molar-refractivity contribution >= 4 is 5.65 Å². The molecule has 0 amide bonds. The molecule has 0 spiro atoms. The van der Waals surface area contributed by atoms with Gasteiger partial charge in [-0.25, -0.2) is 4.52 Å². The van der Waals surface area contributed by atoms with Crippen LogP contribution >= 0.6 is 0 Å². The summed E-state index contributed by atoms with van der Waals surface area (Å²) in [5.74, 6) is 0. The van der Waals surface area contributed by atoms with Gasteiger partial charge in [0.05, 0.1) is 5.69 Å². The number of nitrogens with one attached hydrogen (secondary N) is 1. The van der Waals surface area contributed by atoms with Crippen LogP contribution in [0.25, 0.3) is 5.65 Å². The highest BCUT2D eigenvalue weighted by Gasteiger charge is 2.09. The largest absolute Gasteiger partial charge is 0.307 e. The number of H-pyrrole nitrogens is 1. The Morgan fingerprint density at radius 3 is 2.87 bits per heavy atom. The zero-order valence-electron chi connectivity index (χ0n) is 9.29. The van der Waals surface area contributed by atoms with E-state index < -0.39 is 0 Å². The molecule has 0 aliphatic rings. The summed E-state index contributed by atoms with van der Waals surface area (Å²) in [7, 11) is 0. The van der Waals surface area contributed by atoms with E-state index in [-0.39, 0.29) is 5.56 Å². The lowest BCUT2D eigenvalue weighted by atomic mass is 10.2. The van der Waals surface area contributed by atoms with Gasteiger partial charge in [-0.05, 0) is 20.3 Å². The van der Waals surface area contributed by atoms with E-state index in [9.17, 15) is 4.79 Å². The molecule has 2 aromatic heterocycles. The van der Waals surface area contributed by atoms with Crippen molar-refractivity contribution in [3.8, 4) is 0 Å². The summed E-state index contributed by atoms with van der Waals surface area (Å²) in [5.41, 5.74) is 3.77. The molecular formula is C11H15N3O. The maximum atomic E-state index is 11.4. The van der Waals surface area contributed by atoms with Gasteiger partial charge >= 0.3 is 0 Å². The highest BCUT2D eigenvalue weighted by molar-refractivity contribution is 5.49. The quantitative estimate of drug-likeness (QED) is 0.809. The second kappa shape index (κ2) is 3.53. The molecule has 15 heavy (non-hydrogen) atoms. The molecule has 0 bridgehead atoms. The van der Waals surface area contributed by atoms with Crippen molar-refractivity contribution in [1.29, 1.82) is 0 Å². The summed E-state index contributed by atoms with van der Waals surface area (Å²) in [4.78, 5) is 14.3. The van der Waals surface area contributed by atoms with Crippen molar-refractivity contribution < 1.29 is 0 Å². The van der Waals surface area contributed by atoms with Gasteiger partial charge in [0.25, 0.3) is 5.56 Å². The smallest absolute Gasteiger partial charge is 0.251 e. The lowest BCUT2D eigenvalue weighted by molar-refractivity contribution is 0.785. The van der Waals surface area contributed by atoms with Gasteiger partial charge in [0.15, 0.2) is 0 Å². The topological polar surface area (TPSA) is 50.2 Å². The van der Waals surface area contributed by atoms with Crippen molar-refractivity contribution in [2.75, 3.05) is 0 Å². The van der Waals surface area contributed by atoms with Crippen molar-refractivity contribution in [3.63, 3.8) is 0 Å². The Kier molecular flexibility index (Phi) is 2.34. The molecule has 80 valence electrons. The minimum absolute atomic E-state index is 0.0473. The van der Waals surface area contributed by atoms with Crippen molar-refractivity contribution in [3.05, 3.63) is 33.4 Å². The van der Waals surface area contributed by atoms with Gasteiger partial charge in [0, 0.05) is 17.3 Å². The fraction of sp³-hybridized carbons (Fsp3) is 0.455. The van der Waals surface area contributed by atoms with E-state index in [4.69, 9.17) is 0 Å². The van der Waals surface area contributed by atoms with Gasteiger partial charge in [0.2, 0.25) is 0 Å². The monoisotopic (exact) mass is 205 g/mol. The Bertz CT molecular complexity index is 551. The number of fused-ring (bicyclic) bond motifs is 1. The minimum atomic E-state index is -0.0473. The first-order valence-corrected chi connectivity index (χ1v) is 5.21. The van der Waals surface area contributed by atoms with Gasteiger partial charge in [-0.15, -0.1) is 0 Å². The van der Waals surface area contributed by atoms with Crippen LogP contribution in [0.1, 0.15) is 30.3 Å². The van der Waals surface area contributed by atoms with Crippen LogP contribution in [0.2, 0.25) is 0 Å². The number of rotatable bonds is 2. The van der Waals surface area contributed by atoms with Crippen LogP contribution < -0.4 is 5.56 Å². The lowest BCUT2D eigenvalue weighted by Crippen LogP contribution is -2.12. The Balaban J connectivity index is 2.80. The van der Waals surface area contributed by atoms with Crippen LogP contribution in [0.3, 0.4) is 0 Å². The normalized spacial score (nSPS) is 11.1. The molecule has 0 aliphatic carbocycles. The molecule has 2 aromatic rings. The standard InChI is InChI=1S/C11H15N3O/c1-4-5-9-6-10(15)12-11-7(2)8(3)13-14(9)11/h6H,4-5H2,1-3H3,(H,12,15). The van der Waals surface area contributed by atoms with Crippen LogP contribution in [0.5, 0.6) is 0 Å².